The van der Waals surface area contributed by atoms with Gasteiger partial charge in [0.15, 0.2) is 0 Å². The van der Waals surface area contributed by atoms with E-state index in [0.29, 0.717) is 6.33 Å². The maximum atomic E-state index is 11.6. The summed E-state index contributed by atoms with van der Waals surface area (Å²) in [4.78, 5) is 0. The maximum Gasteiger partial charge on any atom is 0.139 e. The van der Waals surface area contributed by atoms with Gasteiger partial charge in [0.2, 0.25) is 0 Å². The van der Waals surface area contributed by atoms with Crippen LogP contribution in [0.4, 0.5) is 4.39 Å². The van der Waals surface area contributed by atoms with E-state index in [2.05, 4.69) is 0 Å². The minimum Gasteiger partial charge on any atom is -0.216 e. The van der Waals surface area contributed by atoms with E-state index in [9.17, 15) is 4.39 Å². The van der Waals surface area contributed by atoms with E-state index in [1.165, 1.54) is 11.5 Å². The highest BCUT2D eigenvalue weighted by Crippen LogP contribution is 1.98. The molecule has 0 fully saturated rings. The van der Waals surface area contributed by atoms with Crippen molar-refractivity contribution in [2.24, 2.45) is 0 Å². The lowest BCUT2D eigenvalue weighted by atomic mass is 9.95. The number of rotatable bonds is 1. The van der Waals surface area contributed by atoms with Gasteiger partial charge in [-0.15, -0.1) is 0 Å². The fraction of sp³-hybridized carbons (Fsp3) is 0. The lowest BCUT2D eigenvalue weighted by Gasteiger charge is -1.91. The quantitative estimate of drug-likeness (QED) is 0.500. The van der Waals surface area contributed by atoms with Crippen LogP contribution < -0.4 is 5.46 Å². The molecule has 0 unspecified atom stereocenters. The third-order valence-corrected chi connectivity index (χ3v) is 1.33. The predicted molar refractivity (Wildman–Crippen MR) is 44.8 cm³/mol. The monoisotopic (exact) mass is 134 g/mol. The van der Waals surface area contributed by atoms with Crippen LogP contribution in [0.3, 0.4) is 0 Å². The van der Waals surface area contributed by atoms with Crippen LogP contribution >= 0.6 is 0 Å². The van der Waals surface area contributed by atoms with Gasteiger partial charge in [0, 0.05) is 0 Å². The Morgan fingerprint density at radius 1 is 1.20 bits per heavy atom. The van der Waals surface area contributed by atoms with E-state index >= 15 is 0 Å². The Kier molecular flexibility index (Phi) is 2.27. The molecule has 0 amide bonds. The highest BCUT2D eigenvalue weighted by Gasteiger charge is 1.84. The van der Waals surface area contributed by atoms with Gasteiger partial charge in [-0.3, -0.25) is 0 Å². The molecule has 0 aliphatic carbocycles. The van der Waals surface area contributed by atoms with Gasteiger partial charge in [0.05, 0.1) is 6.33 Å². The van der Waals surface area contributed by atoms with Crippen molar-refractivity contribution in [3.05, 3.63) is 36.2 Å². The summed E-state index contributed by atoms with van der Waals surface area (Å²) in [6, 6.07) is 7.67. The fourth-order valence-electron chi connectivity index (χ4n) is 0.750. The van der Waals surface area contributed by atoms with E-state index in [1.807, 2.05) is 32.1 Å². The van der Waals surface area contributed by atoms with Gasteiger partial charge in [-0.2, -0.15) is 0 Å². The van der Waals surface area contributed by atoms with Gasteiger partial charge in [-0.1, -0.05) is 29.7 Å². The smallest absolute Gasteiger partial charge is 0.139 e. The lowest BCUT2D eigenvalue weighted by molar-refractivity contribution is 0.727. The van der Waals surface area contributed by atoms with Crippen LogP contribution in [0.25, 0.3) is 6.08 Å². The zero-order valence-corrected chi connectivity index (χ0v) is 5.84. The van der Waals surface area contributed by atoms with Crippen LogP contribution in [0.2, 0.25) is 0 Å². The summed E-state index contributed by atoms with van der Waals surface area (Å²) in [6.07, 6.45) is 1.98. The standard InChI is InChI=1S/C8H8BF/c9-8-3-1-7(2-4-8)5-6-10/h1-6H,9H2/b6-5+. The van der Waals surface area contributed by atoms with Crippen LogP contribution in [0.1, 0.15) is 5.56 Å². The molecule has 0 bridgehead atoms. The van der Waals surface area contributed by atoms with Crippen LogP contribution in [0, 0.1) is 0 Å². The number of hydrogen-bond donors (Lipinski definition) is 0. The summed E-state index contributed by atoms with van der Waals surface area (Å²) in [5.74, 6) is 0. The summed E-state index contributed by atoms with van der Waals surface area (Å²) in [6.45, 7) is 0. The Labute approximate surface area is 60.8 Å². The Bertz CT molecular complexity index is 226. The highest BCUT2D eigenvalue weighted by atomic mass is 19.1. The Hall–Kier alpha value is -1.05. The molecule has 0 aromatic heterocycles. The van der Waals surface area contributed by atoms with Crippen LogP contribution in [-0.2, 0) is 0 Å². The van der Waals surface area contributed by atoms with Gasteiger partial charge < -0.3 is 0 Å². The Balaban J connectivity index is 2.89. The molecule has 1 aromatic carbocycles. The molecule has 1 aromatic rings. The van der Waals surface area contributed by atoms with Crippen molar-refractivity contribution in [3.63, 3.8) is 0 Å². The van der Waals surface area contributed by atoms with Crippen LogP contribution in [0.5, 0.6) is 0 Å². The second-order valence-electron chi connectivity index (χ2n) is 2.20. The van der Waals surface area contributed by atoms with E-state index in [1.54, 1.807) is 0 Å². The molecule has 50 valence electrons. The summed E-state index contributed by atoms with van der Waals surface area (Å²) in [7, 11) is 2.00. The molecule has 0 radical (unpaired) electrons. The first-order valence-electron chi connectivity index (χ1n) is 3.16. The van der Waals surface area contributed by atoms with Crippen molar-refractivity contribution < 1.29 is 4.39 Å². The molecule has 0 atom stereocenters. The van der Waals surface area contributed by atoms with Crippen LogP contribution in [-0.4, -0.2) is 7.85 Å². The molecule has 10 heavy (non-hydrogen) atoms. The summed E-state index contributed by atoms with van der Waals surface area (Å²) in [5.41, 5.74) is 2.09. The topological polar surface area (TPSA) is 0 Å². The summed E-state index contributed by atoms with van der Waals surface area (Å²) in [5, 5.41) is 0. The third kappa shape index (κ3) is 1.73. The van der Waals surface area contributed by atoms with Crippen molar-refractivity contribution in [1.82, 2.24) is 0 Å². The van der Waals surface area contributed by atoms with Gasteiger partial charge in [-0.25, -0.2) is 4.39 Å². The van der Waals surface area contributed by atoms with Gasteiger partial charge in [0.1, 0.15) is 7.85 Å². The van der Waals surface area contributed by atoms with E-state index < -0.39 is 0 Å². The predicted octanol–water partition coefficient (Wildman–Crippen LogP) is 0.885. The molecule has 0 heterocycles. The first-order chi connectivity index (χ1) is 4.83. The van der Waals surface area contributed by atoms with Gasteiger partial charge >= 0.3 is 0 Å². The second kappa shape index (κ2) is 3.21. The molecule has 0 saturated heterocycles. The maximum absolute atomic E-state index is 11.6. The number of halogens is 1. The minimum absolute atomic E-state index is 0.546. The van der Waals surface area contributed by atoms with Crippen molar-refractivity contribution in [2.75, 3.05) is 0 Å². The van der Waals surface area contributed by atoms with Crippen molar-refractivity contribution >= 4 is 19.4 Å². The average Bonchev–Trinajstić information content (AvgIpc) is 1.95. The average molecular weight is 134 g/mol. The zero-order valence-electron chi connectivity index (χ0n) is 5.84. The van der Waals surface area contributed by atoms with E-state index in [-0.39, 0.29) is 0 Å². The second-order valence-corrected chi connectivity index (χ2v) is 2.20. The molecule has 0 aliphatic heterocycles. The summed E-state index contributed by atoms with van der Waals surface area (Å²) >= 11 is 0. The zero-order chi connectivity index (χ0) is 7.40. The molecule has 0 N–H and O–H groups in total. The minimum atomic E-state index is 0.546. The molecular weight excluding hydrogens is 126 g/mol. The SMILES string of the molecule is Bc1ccc(/C=C/F)cc1. The lowest BCUT2D eigenvalue weighted by Crippen LogP contribution is -1.98. The Morgan fingerprint density at radius 2 is 1.80 bits per heavy atom. The fourth-order valence-corrected chi connectivity index (χ4v) is 0.750. The summed E-state index contributed by atoms with van der Waals surface area (Å²) < 4.78 is 11.6. The highest BCUT2D eigenvalue weighted by molar-refractivity contribution is 6.32. The van der Waals surface area contributed by atoms with Crippen molar-refractivity contribution in [2.45, 2.75) is 0 Å². The van der Waals surface area contributed by atoms with Gasteiger partial charge in [-0.05, 0) is 11.6 Å². The number of benzene rings is 1. The third-order valence-electron chi connectivity index (χ3n) is 1.33. The molecular formula is C8H8BF. The largest absolute Gasteiger partial charge is 0.216 e. The molecule has 0 nitrogen and oxygen atoms in total. The Morgan fingerprint density at radius 3 is 2.30 bits per heavy atom. The number of hydrogen-bond acceptors (Lipinski definition) is 0. The van der Waals surface area contributed by atoms with E-state index in [4.69, 9.17) is 0 Å². The molecule has 0 spiro atoms. The van der Waals surface area contributed by atoms with Crippen LogP contribution in [0.15, 0.2) is 30.6 Å². The van der Waals surface area contributed by atoms with Gasteiger partial charge in [0.25, 0.3) is 0 Å². The molecule has 0 saturated carbocycles. The van der Waals surface area contributed by atoms with E-state index in [0.717, 1.165) is 5.56 Å². The first-order valence-corrected chi connectivity index (χ1v) is 3.16. The molecule has 1 rings (SSSR count). The van der Waals surface area contributed by atoms with Crippen molar-refractivity contribution in [3.8, 4) is 0 Å². The molecule has 0 aliphatic rings. The normalized spacial score (nSPS) is 10.5. The van der Waals surface area contributed by atoms with Crippen molar-refractivity contribution in [1.29, 1.82) is 0 Å². The first kappa shape index (κ1) is 7.07. The molecule has 2 heteroatoms.